The third-order valence-corrected chi connectivity index (χ3v) is 3.97. The first-order chi connectivity index (χ1) is 8.34. The average molecular weight is 267 g/mol. The normalized spacial score (nSPS) is 13.3. The molecule has 0 radical (unpaired) electrons. The molecule has 100 valence electrons. The van der Waals surface area contributed by atoms with Crippen LogP contribution in [0.1, 0.15) is 32.8 Å². The van der Waals surface area contributed by atoms with E-state index in [-0.39, 0.29) is 5.41 Å². The number of carboxylic acid groups (broad SMARTS) is 1. The van der Waals surface area contributed by atoms with E-state index in [1.165, 1.54) is 17.3 Å². The summed E-state index contributed by atoms with van der Waals surface area (Å²) in [5.41, 5.74) is 6.79. The Bertz CT molecular complexity index is 395. The zero-order valence-electron chi connectivity index (χ0n) is 11.1. The highest BCUT2D eigenvalue weighted by Gasteiger charge is 2.18. The summed E-state index contributed by atoms with van der Waals surface area (Å²) in [6.45, 7) is 6.86. The van der Waals surface area contributed by atoms with Crippen LogP contribution in [0.25, 0.3) is 0 Å². The van der Waals surface area contributed by atoms with Gasteiger partial charge in [0.05, 0.1) is 0 Å². The largest absolute Gasteiger partial charge is 0.480 e. The van der Waals surface area contributed by atoms with Crippen LogP contribution in [0.15, 0.2) is 29.2 Å². The lowest BCUT2D eigenvalue weighted by Gasteiger charge is -2.19. The topological polar surface area (TPSA) is 63.3 Å². The van der Waals surface area contributed by atoms with Crippen LogP contribution in [0.5, 0.6) is 0 Å². The molecule has 0 aliphatic carbocycles. The van der Waals surface area contributed by atoms with Crippen molar-refractivity contribution in [1.29, 1.82) is 0 Å². The first kappa shape index (κ1) is 15.1. The quantitative estimate of drug-likeness (QED) is 0.805. The van der Waals surface area contributed by atoms with E-state index in [0.29, 0.717) is 13.0 Å². The zero-order chi connectivity index (χ0) is 13.8. The van der Waals surface area contributed by atoms with Crippen molar-refractivity contribution >= 4 is 17.7 Å². The minimum Gasteiger partial charge on any atom is -0.480 e. The van der Waals surface area contributed by atoms with Gasteiger partial charge in [-0.3, -0.25) is 4.79 Å². The van der Waals surface area contributed by atoms with Gasteiger partial charge in [0.25, 0.3) is 0 Å². The highest BCUT2D eigenvalue weighted by molar-refractivity contribution is 8.00. The van der Waals surface area contributed by atoms with Crippen LogP contribution in [0.2, 0.25) is 0 Å². The Morgan fingerprint density at radius 1 is 1.33 bits per heavy atom. The summed E-state index contributed by atoms with van der Waals surface area (Å²) >= 11 is 1.36. The molecule has 0 aromatic heterocycles. The predicted octanol–water partition coefficient (Wildman–Crippen LogP) is 2.88. The molecule has 1 unspecified atom stereocenters. The van der Waals surface area contributed by atoms with Gasteiger partial charge >= 0.3 is 5.97 Å². The van der Waals surface area contributed by atoms with Crippen LogP contribution < -0.4 is 5.73 Å². The maximum atomic E-state index is 11.0. The van der Waals surface area contributed by atoms with Crippen molar-refractivity contribution in [2.45, 2.75) is 42.8 Å². The highest BCUT2D eigenvalue weighted by Crippen LogP contribution is 2.28. The van der Waals surface area contributed by atoms with Crippen molar-refractivity contribution in [3.8, 4) is 0 Å². The molecule has 0 aliphatic rings. The van der Waals surface area contributed by atoms with Crippen LogP contribution >= 0.6 is 11.8 Å². The Morgan fingerprint density at radius 3 is 2.28 bits per heavy atom. The number of carboxylic acids is 1. The Kier molecular flexibility index (Phi) is 5.23. The van der Waals surface area contributed by atoms with Gasteiger partial charge in [-0.15, -0.1) is 11.8 Å². The van der Waals surface area contributed by atoms with Gasteiger partial charge in [-0.2, -0.15) is 0 Å². The molecule has 0 amide bonds. The van der Waals surface area contributed by atoms with Crippen molar-refractivity contribution in [1.82, 2.24) is 0 Å². The van der Waals surface area contributed by atoms with E-state index in [1.807, 2.05) is 12.1 Å². The monoisotopic (exact) mass is 267 g/mol. The van der Waals surface area contributed by atoms with Gasteiger partial charge in [0.1, 0.15) is 5.25 Å². The molecule has 1 rings (SSSR count). The van der Waals surface area contributed by atoms with E-state index in [9.17, 15) is 4.79 Å². The van der Waals surface area contributed by atoms with Crippen molar-refractivity contribution in [2.24, 2.45) is 5.73 Å². The van der Waals surface area contributed by atoms with E-state index in [4.69, 9.17) is 10.8 Å². The summed E-state index contributed by atoms with van der Waals surface area (Å²) < 4.78 is 0. The fraction of sp³-hybridized carbons (Fsp3) is 0.500. The van der Waals surface area contributed by atoms with Crippen LogP contribution in [0.3, 0.4) is 0 Å². The van der Waals surface area contributed by atoms with E-state index < -0.39 is 11.2 Å². The van der Waals surface area contributed by atoms with Gasteiger partial charge in [0.15, 0.2) is 0 Å². The summed E-state index contributed by atoms with van der Waals surface area (Å²) in [4.78, 5) is 12.0. The van der Waals surface area contributed by atoms with Crippen molar-refractivity contribution in [3.05, 3.63) is 29.8 Å². The van der Waals surface area contributed by atoms with Crippen molar-refractivity contribution in [3.63, 3.8) is 0 Å². The third-order valence-electron chi connectivity index (χ3n) is 2.70. The van der Waals surface area contributed by atoms with Gasteiger partial charge in [0.2, 0.25) is 0 Å². The minimum absolute atomic E-state index is 0.118. The molecule has 0 spiro atoms. The number of aliphatic carboxylic acids is 1. The standard InChI is InChI=1S/C14H21NO2S/c1-14(2,3)10-4-6-11(7-5-10)18-12(8-9-15)13(16)17/h4-7,12H,8-9,15H2,1-3H3,(H,16,17). The fourth-order valence-corrected chi connectivity index (χ4v) is 2.56. The molecule has 18 heavy (non-hydrogen) atoms. The Labute approximate surface area is 113 Å². The van der Waals surface area contributed by atoms with E-state index in [0.717, 1.165) is 4.90 Å². The van der Waals surface area contributed by atoms with E-state index in [2.05, 4.69) is 32.9 Å². The Morgan fingerprint density at radius 2 is 1.89 bits per heavy atom. The van der Waals surface area contributed by atoms with Crippen LogP contribution in [-0.4, -0.2) is 22.9 Å². The summed E-state index contributed by atoms with van der Waals surface area (Å²) in [7, 11) is 0. The summed E-state index contributed by atoms with van der Waals surface area (Å²) in [6.07, 6.45) is 0.487. The first-order valence-corrected chi connectivity index (χ1v) is 6.92. The number of carbonyl (C=O) groups is 1. The molecule has 1 aromatic carbocycles. The number of hydrogen-bond acceptors (Lipinski definition) is 3. The molecule has 0 saturated heterocycles. The molecule has 0 heterocycles. The molecule has 0 saturated carbocycles. The Balaban J connectivity index is 2.76. The lowest BCUT2D eigenvalue weighted by molar-refractivity contribution is -0.136. The van der Waals surface area contributed by atoms with Crippen molar-refractivity contribution in [2.75, 3.05) is 6.54 Å². The lowest BCUT2D eigenvalue weighted by Crippen LogP contribution is -2.20. The Hall–Kier alpha value is -1.00. The smallest absolute Gasteiger partial charge is 0.317 e. The first-order valence-electron chi connectivity index (χ1n) is 6.04. The molecule has 0 aliphatic heterocycles. The van der Waals surface area contributed by atoms with Gasteiger partial charge in [-0.05, 0) is 36.1 Å². The van der Waals surface area contributed by atoms with Crippen LogP contribution in [0, 0.1) is 0 Å². The molecule has 3 N–H and O–H groups in total. The van der Waals surface area contributed by atoms with Gasteiger partial charge in [-0.25, -0.2) is 0 Å². The van der Waals surface area contributed by atoms with E-state index >= 15 is 0 Å². The highest BCUT2D eigenvalue weighted by atomic mass is 32.2. The second kappa shape index (κ2) is 6.25. The van der Waals surface area contributed by atoms with Crippen LogP contribution in [0.4, 0.5) is 0 Å². The molecule has 4 heteroatoms. The predicted molar refractivity (Wildman–Crippen MR) is 76.1 cm³/mol. The second-order valence-electron chi connectivity index (χ2n) is 5.30. The SMILES string of the molecule is CC(C)(C)c1ccc(SC(CCN)C(=O)O)cc1. The molecule has 0 bridgehead atoms. The van der Waals surface area contributed by atoms with Gasteiger partial charge in [0, 0.05) is 4.90 Å². The second-order valence-corrected chi connectivity index (χ2v) is 6.57. The summed E-state index contributed by atoms with van der Waals surface area (Å²) in [5.74, 6) is -0.801. The number of rotatable bonds is 5. The average Bonchev–Trinajstić information content (AvgIpc) is 2.28. The molecular formula is C14H21NO2S. The zero-order valence-corrected chi connectivity index (χ0v) is 12.0. The maximum Gasteiger partial charge on any atom is 0.317 e. The molecular weight excluding hydrogens is 246 g/mol. The van der Waals surface area contributed by atoms with Crippen LogP contribution in [-0.2, 0) is 10.2 Å². The summed E-state index contributed by atoms with van der Waals surface area (Å²) in [6, 6.07) is 8.09. The number of thioether (sulfide) groups is 1. The summed E-state index contributed by atoms with van der Waals surface area (Å²) in [5, 5.41) is 8.61. The number of benzene rings is 1. The minimum atomic E-state index is -0.801. The van der Waals surface area contributed by atoms with Crippen molar-refractivity contribution < 1.29 is 9.90 Å². The molecule has 3 nitrogen and oxygen atoms in total. The number of nitrogens with two attached hydrogens (primary N) is 1. The van der Waals surface area contributed by atoms with Gasteiger partial charge < -0.3 is 10.8 Å². The number of hydrogen-bond donors (Lipinski definition) is 2. The third kappa shape index (κ3) is 4.35. The maximum absolute atomic E-state index is 11.0. The molecule has 1 aromatic rings. The molecule has 1 atom stereocenters. The van der Waals surface area contributed by atoms with Gasteiger partial charge in [-0.1, -0.05) is 32.9 Å². The molecule has 0 fully saturated rings. The lowest BCUT2D eigenvalue weighted by atomic mass is 9.87. The van der Waals surface area contributed by atoms with E-state index in [1.54, 1.807) is 0 Å². The fourth-order valence-electron chi connectivity index (χ4n) is 1.58.